The molecule has 1 aliphatic heterocycles. The molecule has 0 atom stereocenters. The number of H-pyrrole nitrogens is 1. The predicted octanol–water partition coefficient (Wildman–Crippen LogP) is 3.13. The molecule has 25 heavy (non-hydrogen) atoms. The molecule has 136 valence electrons. The molecule has 0 aliphatic carbocycles. The summed E-state index contributed by atoms with van der Waals surface area (Å²) in [7, 11) is 0. The number of carboxylic acid groups (broad SMARTS) is 1. The van der Waals surface area contributed by atoms with E-state index in [4.69, 9.17) is 9.90 Å². The second-order valence-electron chi connectivity index (χ2n) is 6.06. The number of nitrogens with zero attached hydrogens (tertiary/aromatic N) is 3. The number of thioether (sulfide) groups is 1. The van der Waals surface area contributed by atoms with Crippen molar-refractivity contribution in [1.29, 1.82) is 0 Å². The molecule has 1 aromatic heterocycles. The van der Waals surface area contributed by atoms with Crippen LogP contribution in [0.15, 0.2) is 29.2 Å². The smallest absolute Gasteiger partial charge is 0.290 e. The van der Waals surface area contributed by atoms with Crippen molar-refractivity contribution in [1.82, 2.24) is 20.1 Å². The second kappa shape index (κ2) is 10.2. The minimum atomic E-state index is -0.250. The van der Waals surface area contributed by atoms with Gasteiger partial charge in [0.2, 0.25) is 0 Å². The lowest BCUT2D eigenvalue weighted by Crippen LogP contribution is -2.34. The normalized spacial score (nSPS) is 15.4. The molecule has 1 aromatic carbocycles. The van der Waals surface area contributed by atoms with E-state index in [2.05, 4.69) is 58.2 Å². The van der Waals surface area contributed by atoms with E-state index in [1.807, 2.05) is 11.8 Å². The Balaban J connectivity index is 0.000000701. The van der Waals surface area contributed by atoms with Crippen LogP contribution < -0.4 is 0 Å². The Morgan fingerprint density at radius 2 is 1.96 bits per heavy atom. The van der Waals surface area contributed by atoms with Gasteiger partial charge in [-0.3, -0.25) is 14.8 Å². The molecule has 0 bridgehead atoms. The van der Waals surface area contributed by atoms with Gasteiger partial charge in [0.05, 0.1) is 6.54 Å². The SMILES string of the molecule is CCc1n[nH]c(CN2CCC(Sc3ccc(C)cc3)CC2)n1.O=CO. The van der Waals surface area contributed by atoms with Gasteiger partial charge in [0, 0.05) is 16.6 Å². The van der Waals surface area contributed by atoms with Crippen LogP contribution in [0.5, 0.6) is 0 Å². The first-order chi connectivity index (χ1) is 12.1. The average Bonchev–Trinajstić information content (AvgIpc) is 3.07. The van der Waals surface area contributed by atoms with Crippen molar-refractivity contribution < 1.29 is 9.90 Å². The van der Waals surface area contributed by atoms with Crippen LogP contribution in [0.4, 0.5) is 0 Å². The number of aromatic nitrogens is 3. The maximum Gasteiger partial charge on any atom is 0.290 e. The lowest BCUT2D eigenvalue weighted by Gasteiger charge is -2.30. The van der Waals surface area contributed by atoms with Gasteiger partial charge in [0.25, 0.3) is 6.47 Å². The van der Waals surface area contributed by atoms with Crippen molar-refractivity contribution in [2.45, 2.75) is 49.8 Å². The Hall–Kier alpha value is -1.86. The second-order valence-corrected chi connectivity index (χ2v) is 7.44. The minimum absolute atomic E-state index is 0.250. The number of piperidine rings is 1. The Kier molecular flexibility index (Phi) is 7.94. The summed E-state index contributed by atoms with van der Waals surface area (Å²) in [6.45, 7) is 7.16. The van der Waals surface area contributed by atoms with Crippen molar-refractivity contribution in [3.05, 3.63) is 41.5 Å². The number of likely N-dealkylation sites (tertiary alicyclic amines) is 1. The van der Waals surface area contributed by atoms with Crippen LogP contribution in [0.3, 0.4) is 0 Å². The number of hydrogen-bond donors (Lipinski definition) is 2. The van der Waals surface area contributed by atoms with E-state index >= 15 is 0 Å². The van der Waals surface area contributed by atoms with E-state index in [-0.39, 0.29) is 6.47 Å². The molecular weight excluding hydrogens is 336 g/mol. The Morgan fingerprint density at radius 3 is 2.52 bits per heavy atom. The molecule has 1 fully saturated rings. The summed E-state index contributed by atoms with van der Waals surface area (Å²) >= 11 is 2.03. The van der Waals surface area contributed by atoms with E-state index in [1.165, 1.54) is 23.3 Å². The third kappa shape index (κ3) is 6.51. The largest absolute Gasteiger partial charge is 0.483 e. The molecule has 0 radical (unpaired) electrons. The van der Waals surface area contributed by atoms with Gasteiger partial charge >= 0.3 is 0 Å². The van der Waals surface area contributed by atoms with Crippen LogP contribution in [-0.2, 0) is 17.8 Å². The Labute approximate surface area is 153 Å². The van der Waals surface area contributed by atoms with Crippen molar-refractivity contribution in [3.8, 4) is 0 Å². The zero-order valence-electron chi connectivity index (χ0n) is 14.8. The zero-order chi connectivity index (χ0) is 18.1. The van der Waals surface area contributed by atoms with Gasteiger partial charge in [-0.15, -0.1) is 11.8 Å². The summed E-state index contributed by atoms with van der Waals surface area (Å²) in [6, 6.07) is 8.89. The number of nitrogens with one attached hydrogen (secondary N) is 1. The quantitative estimate of drug-likeness (QED) is 0.795. The van der Waals surface area contributed by atoms with E-state index in [1.54, 1.807) is 0 Å². The first kappa shape index (κ1) is 19.5. The molecule has 2 N–H and O–H groups in total. The molecule has 3 rings (SSSR count). The van der Waals surface area contributed by atoms with E-state index < -0.39 is 0 Å². The summed E-state index contributed by atoms with van der Waals surface area (Å²) in [5.41, 5.74) is 1.33. The molecule has 2 aromatic rings. The van der Waals surface area contributed by atoms with Gasteiger partial charge in [0.15, 0.2) is 0 Å². The maximum atomic E-state index is 8.36. The highest BCUT2D eigenvalue weighted by Gasteiger charge is 2.20. The topological polar surface area (TPSA) is 82.1 Å². The summed E-state index contributed by atoms with van der Waals surface area (Å²) in [6.07, 6.45) is 3.38. The van der Waals surface area contributed by atoms with Gasteiger partial charge in [-0.25, -0.2) is 4.98 Å². The molecule has 7 heteroatoms. The van der Waals surface area contributed by atoms with Crippen molar-refractivity contribution >= 4 is 18.2 Å². The lowest BCUT2D eigenvalue weighted by atomic mass is 10.1. The van der Waals surface area contributed by atoms with Crippen LogP contribution in [0.2, 0.25) is 0 Å². The molecule has 0 unspecified atom stereocenters. The van der Waals surface area contributed by atoms with Crippen LogP contribution in [0, 0.1) is 6.92 Å². The van der Waals surface area contributed by atoms with Crippen molar-refractivity contribution in [2.24, 2.45) is 0 Å². The number of aromatic amines is 1. The van der Waals surface area contributed by atoms with Gasteiger partial charge in [0.1, 0.15) is 11.6 Å². The number of carbonyl (C=O) groups is 1. The summed E-state index contributed by atoms with van der Waals surface area (Å²) < 4.78 is 0. The molecule has 0 saturated carbocycles. The van der Waals surface area contributed by atoms with Crippen molar-refractivity contribution in [2.75, 3.05) is 13.1 Å². The monoisotopic (exact) mass is 362 g/mol. The summed E-state index contributed by atoms with van der Waals surface area (Å²) in [5, 5.41) is 14.9. The highest BCUT2D eigenvalue weighted by atomic mass is 32.2. The fraction of sp³-hybridized carbons (Fsp3) is 0.500. The fourth-order valence-electron chi connectivity index (χ4n) is 2.77. The van der Waals surface area contributed by atoms with E-state index in [9.17, 15) is 0 Å². The maximum absolute atomic E-state index is 8.36. The molecule has 0 spiro atoms. The standard InChI is InChI=1S/C17H24N4S.CH2O2/c1-3-16-18-17(20-19-16)12-21-10-8-15(9-11-21)22-14-6-4-13(2)5-7-14;2-1-3/h4-7,15H,3,8-12H2,1-2H3,(H,18,19,20);1H,(H,2,3). The number of rotatable bonds is 5. The van der Waals surface area contributed by atoms with Crippen LogP contribution in [-0.4, -0.2) is 50.0 Å². The summed E-state index contributed by atoms with van der Waals surface area (Å²) in [4.78, 5) is 16.7. The minimum Gasteiger partial charge on any atom is -0.483 e. The van der Waals surface area contributed by atoms with E-state index in [0.717, 1.165) is 43.0 Å². The highest BCUT2D eigenvalue weighted by molar-refractivity contribution is 8.00. The molecule has 2 heterocycles. The van der Waals surface area contributed by atoms with Crippen LogP contribution in [0.25, 0.3) is 0 Å². The number of benzene rings is 1. The first-order valence-corrected chi connectivity index (χ1v) is 9.46. The number of aryl methyl sites for hydroxylation is 2. The van der Waals surface area contributed by atoms with Gasteiger partial charge in [-0.05, 0) is 45.0 Å². The zero-order valence-corrected chi connectivity index (χ0v) is 15.6. The average molecular weight is 362 g/mol. The Morgan fingerprint density at radius 1 is 1.32 bits per heavy atom. The lowest BCUT2D eigenvalue weighted by molar-refractivity contribution is -0.122. The van der Waals surface area contributed by atoms with E-state index in [0.29, 0.717) is 0 Å². The molecule has 1 saturated heterocycles. The first-order valence-electron chi connectivity index (χ1n) is 8.58. The van der Waals surface area contributed by atoms with Gasteiger partial charge in [-0.1, -0.05) is 24.6 Å². The predicted molar refractivity (Wildman–Crippen MR) is 99.8 cm³/mol. The Bertz CT molecular complexity index is 637. The molecular formula is C18H26N4O2S. The van der Waals surface area contributed by atoms with Crippen molar-refractivity contribution in [3.63, 3.8) is 0 Å². The van der Waals surface area contributed by atoms with Crippen LogP contribution >= 0.6 is 11.8 Å². The fourth-order valence-corrected chi connectivity index (χ4v) is 3.89. The molecule has 1 aliphatic rings. The highest BCUT2D eigenvalue weighted by Crippen LogP contribution is 2.30. The summed E-state index contributed by atoms with van der Waals surface area (Å²) in [5.74, 6) is 1.92. The molecule has 6 nitrogen and oxygen atoms in total. The van der Waals surface area contributed by atoms with Gasteiger partial charge < -0.3 is 5.11 Å². The third-order valence-corrected chi connectivity index (χ3v) is 5.48. The molecule has 0 amide bonds. The number of hydrogen-bond acceptors (Lipinski definition) is 5. The van der Waals surface area contributed by atoms with Gasteiger partial charge in [-0.2, -0.15) is 5.10 Å². The van der Waals surface area contributed by atoms with Crippen LogP contribution in [0.1, 0.15) is 37.0 Å². The third-order valence-electron chi connectivity index (χ3n) is 4.13.